The van der Waals surface area contributed by atoms with E-state index in [-0.39, 0.29) is 48.2 Å². The van der Waals surface area contributed by atoms with Gasteiger partial charge in [-0.25, -0.2) is 17.6 Å². The summed E-state index contributed by atoms with van der Waals surface area (Å²) >= 11 is 0. The average molecular weight is 675 g/mol. The van der Waals surface area contributed by atoms with Crippen LogP contribution in [-0.2, 0) is 11.2 Å². The second-order valence-corrected chi connectivity index (χ2v) is 11.2. The number of hydrogen-bond acceptors (Lipinski definition) is 5. The molecule has 1 aliphatic heterocycles. The van der Waals surface area contributed by atoms with Crippen LogP contribution in [0.2, 0.25) is 0 Å². The molecule has 0 aliphatic carbocycles. The number of carbonyl (C=O) groups is 2. The van der Waals surface area contributed by atoms with Crippen LogP contribution >= 0.6 is 0 Å². The van der Waals surface area contributed by atoms with Crippen LogP contribution in [0.1, 0.15) is 45.8 Å². The van der Waals surface area contributed by atoms with Gasteiger partial charge in [0.05, 0.1) is 18.1 Å². The van der Waals surface area contributed by atoms with E-state index in [1.165, 1.54) is 35.4 Å². The van der Waals surface area contributed by atoms with Crippen molar-refractivity contribution in [3.05, 3.63) is 125 Å². The van der Waals surface area contributed by atoms with Gasteiger partial charge in [-0.05, 0) is 66.4 Å². The first-order chi connectivity index (χ1) is 22.9. The molecule has 1 aliphatic rings. The highest BCUT2D eigenvalue weighted by Crippen LogP contribution is 2.31. The fourth-order valence-corrected chi connectivity index (χ4v) is 5.70. The summed E-state index contributed by atoms with van der Waals surface area (Å²) in [6, 6.07) is 12.2. The molecule has 1 fully saturated rings. The fourth-order valence-electron chi connectivity index (χ4n) is 5.70. The van der Waals surface area contributed by atoms with E-state index in [0.29, 0.717) is 24.7 Å². The largest absolute Gasteiger partial charge is 0.573 e. The van der Waals surface area contributed by atoms with Crippen molar-refractivity contribution in [3.63, 3.8) is 0 Å². The Bertz CT molecular complexity index is 1750. The molecule has 2 heterocycles. The fraction of sp³-hybridized carbons (Fsp3) is 0.265. The summed E-state index contributed by atoms with van der Waals surface area (Å²) in [4.78, 5) is 32.0. The third-order valence-electron chi connectivity index (χ3n) is 7.88. The minimum atomic E-state index is -4.93. The number of carbonyl (C=O) groups excluding carboxylic acids is 2. The van der Waals surface area contributed by atoms with Gasteiger partial charge in [-0.1, -0.05) is 18.2 Å². The highest BCUT2D eigenvalue weighted by atomic mass is 19.4. The van der Waals surface area contributed by atoms with Crippen molar-refractivity contribution in [1.29, 1.82) is 0 Å². The molecule has 1 saturated heterocycles. The van der Waals surface area contributed by atoms with Crippen molar-refractivity contribution in [1.82, 2.24) is 15.2 Å². The molecule has 2 amide bonds. The number of alkyl halides is 3. The van der Waals surface area contributed by atoms with Gasteiger partial charge in [0.25, 0.3) is 5.91 Å². The van der Waals surface area contributed by atoms with E-state index in [0.717, 1.165) is 42.6 Å². The Morgan fingerprint density at radius 1 is 0.938 bits per heavy atom. The van der Waals surface area contributed by atoms with Crippen LogP contribution in [0, 0.1) is 23.3 Å². The number of nitrogens with zero attached hydrogens (tertiary/aromatic N) is 2. The van der Waals surface area contributed by atoms with Crippen molar-refractivity contribution in [3.8, 4) is 5.75 Å². The van der Waals surface area contributed by atoms with Gasteiger partial charge in [0.1, 0.15) is 29.0 Å². The third kappa shape index (κ3) is 8.88. The first-order valence-corrected chi connectivity index (χ1v) is 14.9. The zero-order valence-electron chi connectivity index (χ0n) is 25.2. The highest BCUT2D eigenvalue weighted by molar-refractivity contribution is 5.95. The molecular formula is C34H29F7N4O3. The quantitative estimate of drug-likeness (QED) is 0.182. The molecule has 1 unspecified atom stereocenters. The first kappa shape index (κ1) is 34.4. The maximum atomic E-state index is 15.1. The summed E-state index contributed by atoms with van der Waals surface area (Å²) in [5.41, 5.74) is 0.672. The summed E-state index contributed by atoms with van der Waals surface area (Å²) in [6.07, 6.45) is -2.80. The normalized spacial score (nSPS) is 15.6. The van der Waals surface area contributed by atoms with E-state index >= 15 is 4.39 Å². The Kier molecular flexibility index (Phi) is 10.6. The summed E-state index contributed by atoms with van der Waals surface area (Å²) < 4.78 is 99.1. The van der Waals surface area contributed by atoms with E-state index in [9.17, 15) is 35.9 Å². The number of piperazine rings is 1. The molecule has 0 spiro atoms. The predicted molar refractivity (Wildman–Crippen MR) is 161 cm³/mol. The maximum Gasteiger partial charge on any atom is 0.573 e. The van der Waals surface area contributed by atoms with Gasteiger partial charge in [0.2, 0.25) is 5.91 Å². The molecule has 5 rings (SSSR count). The minimum absolute atomic E-state index is 0.0134. The number of ether oxygens (including phenoxy) is 1. The molecule has 0 saturated carbocycles. The lowest BCUT2D eigenvalue weighted by Crippen LogP contribution is -2.53. The van der Waals surface area contributed by atoms with Crippen LogP contribution in [0.25, 0.3) is 0 Å². The SMILES string of the molecule is O=C(CC(c1ccc(F)cc1)c1cc(F)cc(F)c1)Nc1cncc(F)c1CC[C@H]1CNCCN1C(=O)c1cccc(OC(F)(F)F)c1. The Morgan fingerprint density at radius 2 is 1.67 bits per heavy atom. The van der Waals surface area contributed by atoms with E-state index in [4.69, 9.17) is 0 Å². The van der Waals surface area contributed by atoms with Crippen LogP contribution in [-0.4, -0.2) is 53.7 Å². The van der Waals surface area contributed by atoms with Crippen LogP contribution in [0.4, 0.5) is 36.4 Å². The van der Waals surface area contributed by atoms with Gasteiger partial charge in [0.15, 0.2) is 0 Å². The molecule has 0 radical (unpaired) electrons. The second-order valence-electron chi connectivity index (χ2n) is 11.2. The molecule has 0 bridgehead atoms. The number of rotatable bonds is 10. The number of aromatic nitrogens is 1. The first-order valence-electron chi connectivity index (χ1n) is 14.9. The van der Waals surface area contributed by atoms with Gasteiger partial charge < -0.3 is 20.3 Å². The molecule has 3 aromatic carbocycles. The molecule has 2 atom stereocenters. The number of halogens is 7. The third-order valence-corrected chi connectivity index (χ3v) is 7.88. The number of pyridine rings is 1. The number of amides is 2. The number of benzene rings is 3. The Labute approximate surface area is 270 Å². The molecule has 252 valence electrons. The smallest absolute Gasteiger partial charge is 0.406 e. The molecule has 14 heteroatoms. The monoisotopic (exact) mass is 674 g/mol. The van der Waals surface area contributed by atoms with Gasteiger partial charge in [-0.2, -0.15) is 0 Å². The van der Waals surface area contributed by atoms with Crippen LogP contribution in [0.15, 0.2) is 79.1 Å². The number of hydrogen-bond donors (Lipinski definition) is 2. The lowest BCUT2D eigenvalue weighted by molar-refractivity contribution is -0.274. The van der Waals surface area contributed by atoms with Crippen LogP contribution in [0.5, 0.6) is 5.75 Å². The van der Waals surface area contributed by atoms with Gasteiger partial charge in [-0.3, -0.25) is 14.6 Å². The lowest BCUT2D eigenvalue weighted by Gasteiger charge is -2.36. The molecule has 4 aromatic rings. The minimum Gasteiger partial charge on any atom is -0.406 e. The summed E-state index contributed by atoms with van der Waals surface area (Å²) in [7, 11) is 0. The zero-order chi connectivity index (χ0) is 34.4. The van der Waals surface area contributed by atoms with Gasteiger partial charge in [0, 0.05) is 55.2 Å². The second kappa shape index (κ2) is 14.8. The molecule has 2 N–H and O–H groups in total. The summed E-state index contributed by atoms with van der Waals surface area (Å²) in [5.74, 6) is -5.58. The highest BCUT2D eigenvalue weighted by Gasteiger charge is 2.32. The Balaban J connectivity index is 1.32. The van der Waals surface area contributed by atoms with E-state index in [1.54, 1.807) is 0 Å². The van der Waals surface area contributed by atoms with Gasteiger partial charge >= 0.3 is 6.36 Å². The number of nitrogens with one attached hydrogen (secondary N) is 2. The van der Waals surface area contributed by atoms with Crippen molar-refractivity contribution in [2.24, 2.45) is 0 Å². The van der Waals surface area contributed by atoms with E-state index in [1.807, 2.05) is 0 Å². The zero-order valence-corrected chi connectivity index (χ0v) is 25.2. The average Bonchev–Trinajstić information content (AvgIpc) is 3.02. The Hall–Kier alpha value is -4.98. The summed E-state index contributed by atoms with van der Waals surface area (Å²) in [6.45, 7) is 0.987. The molecule has 1 aromatic heterocycles. The summed E-state index contributed by atoms with van der Waals surface area (Å²) in [5, 5.41) is 5.78. The topological polar surface area (TPSA) is 83.6 Å². The predicted octanol–water partition coefficient (Wildman–Crippen LogP) is 6.74. The van der Waals surface area contributed by atoms with E-state index < -0.39 is 59.2 Å². The maximum absolute atomic E-state index is 15.1. The molecule has 48 heavy (non-hydrogen) atoms. The molecule has 7 nitrogen and oxygen atoms in total. The van der Waals surface area contributed by atoms with Crippen LogP contribution in [0.3, 0.4) is 0 Å². The standard InChI is InChI=1S/C34H29F7N4O3/c35-23-6-4-20(5-7-23)29(22-12-24(36)15-25(37)13-22)16-32(46)44-31-19-43-18-30(38)28(31)9-8-26-17-42-10-11-45(26)33(47)21-2-1-3-27(14-21)48-34(39,40)41/h1-7,12-15,18-19,26,29,42H,8-11,16-17H2,(H,44,46)/t26-,29?/m0/s1. The lowest BCUT2D eigenvalue weighted by atomic mass is 9.88. The number of anilines is 1. The van der Waals surface area contributed by atoms with Crippen LogP contribution < -0.4 is 15.4 Å². The van der Waals surface area contributed by atoms with Gasteiger partial charge in [-0.15, -0.1) is 13.2 Å². The Morgan fingerprint density at radius 3 is 2.38 bits per heavy atom. The van der Waals surface area contributed by atoms with Crippen molar-refractivity contribution in [2.45, 2.75) is 37.6 Å². The van der Waals surface area contributed by atoms with Crippen molar-refractivity contribution in [2.75, 3.05) is 25.0 Å². The molecular weight excluding hydrogens is 645 g/mol. The van der Waals surface area contributed by atoms with Crippen molar-refractivity contribution >= 4 is 17.5 Å². The van der Waals surface area contributed by atoms with Crippen molar-refractivity contribution < 1.29 is 45.1 Å². The van der Waals surface area contributed by atoms with E-state index in [2.05, 4.69) is 20.4 Å².